The van der Waals surface area contributed by atoms with Crippen LogP contribution in [0.2, 0.25) is 5.02 Å². The van der Waals surface area contributed by atoms with Crippen molar-refractivity contribution in [3.8, 4) is 0 Å². The summed E-state index contributed by atoms with van der Waals surface area (Å²) in [6, 6.07) is 3.20. The molecule has 1 aromatic carbocycles. The number of anilines is 1. The fourth-order valence-corrected chi connectivity index (χ4v) is 4.63. The predicted molar refractivity (Wildman–Crippen MR) is 89.4 cm³/mol. The van der Waals surface area contributed by atoms with Gasteiger partial charge in [-0.3, -0.25) is 9.59 Å². The molecule has 1 fully saturated rings. The minimum atomic E-state index is -3.07. The molecule has 1 saturated heterocycles. The Hall–Kier alpha value is -1.60. The van der Waals surface area contributed by atoms with Crippen molar-refractivity contribution in [2.75, 3.05) is 16.8 Å². The van der Waals surface area contributed by atoms with Crippen LogP contribution in [0.5, 0.6) is 0 Å². The fourth-order valence-electron chi connectivity index (χ4n) is 2.59. The number of benzene rings is 1. The highest BCUT2D eigenvalue weighted by Gasteiger charge is 2.29. The Kier molecular flexibility index (Phi) is 5.31. The van der Waals surface area contributed by atoms with Crippen molar-refractivity contribution in [2.45, 2.75) is 32.7 Å². The number of carbonyl (C=O) groups excluding carboxylic acids is 2. The molecule has 1 unspecified atom stereocenters. The van der Waals surface area contributed by atoms with E-state index in [1.807, 2.05) is 19.9 Å². The van der Waals surface area contributed by atoms with Crippen LogP contribution in [0.1, 0.15) is 24.0 Å². The van der Waals surface area contributed by atoms with Crippen LogP contribution < -0.4 is 10.6 Å². The van der Waals surface area contributed by atoms with Gasteiger partial charge in [0.15, 0.2) is 9.84 Å². The maximum Gasteiger partial charge on any atom is 0.233 e. The van der Waals surface area contributed by atoms with Crippen molar-refractivity contribution in [1.29, 1.82) is 0 Å². The second kappa shape index (κ2) is 6.88. The molecule has 0 aliphatic carbocycles. The minimum absolute atomic E-state index is 0.0662. The van der Waals surface area contributed by atoms with Crippen molar-refractivity contribution in [3.63, 3.8) is 0 Å². The number of rotatable bonds is 4. The van der Waals surface area contributed by atoms with Crippen LogP contribution in [0.25, 0.3) is 0 Å². The smallest absolute Gasteiger partial charge is 0.233 e. The predicted octanol–water partition coefficient (Wildman–Crippen LogP) is 1.59. The number of sulfone groups is 1. The monoisotopic (exact) mass is 358 g/mol. The first-order valence-electron chi connectivity index (χ1n) is 7.22. The van der Waals surface area contributed by atoms with Crippen LogP contribution in [-0.2, 0) is 19.4 Å². The Morgan fingerprint density at radius 2 is 1.96 bits per heavy atom. The third-order valence-corrected chi connectivity index (χ3v) is 5.68. The van der Waals surface area contributed by atoms with Gasteiger partial charge in [0, 0.05) is 6.04 Å². The van der Waals surface area contributed by atoms with Crippen LogP contribution in [0, 0.1) is 13.8 Å². The van der Waals surface area contributed by atoms with Gasteiger partial charge in [-0.1, -0.05) is 17.7 Å². The van der Waals surface area contributed by atoms with Crippen LogP contribution >= 0.6 is 11.6 Å². The van der Waals surface area contributed by atoms with Crippen molar-refractivity contribution < 1.29 is 18.0 Å². The molecule has 1 heterocycles. The Balaban J connectivity index is 1.91. The number of amides is 2. The summed E-state index contributed by atoms with van der Waals surface area (Å²) in [6.07, 6.45) is 0.0127. The van der Waals surface area contributed by atoms with Crippen molar-refractivity contribution in [3.05, 3.63) is 28.3 Å². The summed E-state index contributed by atoms with van der Waals surface area (Å²) in [5, 5.41) is 5.62. The van der Waals surface area contributed by atoms with E-state index in [2.05, 4.69) is 10.6 Å². The number of hydrogen-bond acceptors (Lipinski definition) is 4. The third-order valence-electron chi connectivity index (χ3n) is 3.61. The van der Waals surface area contributed by atoms with Gasteiger partial charge in [-0.2, -0.15) is 0 Å². The molecule has 1 aromatic rings. The lowest BCUT2D eigenvalue weighted by molar-refractivity contribution is -0.127. The quantitative estimate of drug-likeness (QED) is 0.799. The molecule has 2 rings (SSSR count). The van der Waals surface area contributed by atoms with Crippen molar-refractivity contribution in [1.82, 2.24) is 5.32 Å². The average Bonchev–Trinajstić information content (AvgIpc) is 2.72. The number of aryl methyl sites for hydroxylation is 2. The number of hydrogen-bond donors (Lipinski definition) is 2. The molecule has 2 amide bonds. The molecule has 126 valence electrons. The summed E-state index contributed by atoms with van der Waals surface area (Å²) < 4.78 is 22.7. The summed E-state index contributed by atoms with van der Waals surface area (Å²) in [6.45, 7) is 3.71. The Morgan fingerprint density at radius 3 is 2.52 bits per heavy atom. The maximum atomic E-state index is 12.0. The number of carbonyl (C=O) groups is 2. The van der Waals surface area contributed by atoms with E-state index in [9.17, 15) is 18.0 Å². The zero-order valence-electron chi connectivity index (χ0n) is 13.0. The molecule has 0 aromatic heterocycles. The highest BCUT2D eigenvalue weighted by Crippen LogP contribution is 2.27. The third kappa shape index (κ3) is 4.94. The molecule has 6 nitrogen and oxygen atoms in total. The lowest BCUT2D eigenvalue weighted by atomic mass is 10.1. The first-order valence-corrected chi connectivity index (χ1v) is 9.42. The molecule has 1 aliphatic heterocycles. The van der Waals surface area contributed by atoms with Gasteiger partial charge in [0.05, 0.1) is 22.2 Å². The van der Waals surface area contributed by atoms with Crippen LogP contribution in [0.15, 0.2) is 12.1 Å². The number of halogens is 1. The molecule has 8 heteroatoms. The summed E-state index contributed by atoms with van der Waals surface area (Å²) in [5.41, 5.74) is 2.27. The molecular weight excluding hydrogens is 340 g/mol. The SMILES string of the molecule is Cc1cc(C)c(NC(=O)CC(=O)NC2CCS(=O)(=O)C2)c(Cl)c1. The second-order valence-corrected chi connectivity index (χ2v) is 8.47. The van der Waals surface area contributed by atoms with E-state index in [1.165, 1.54) is 0 Å². The van der Waals surface area contributed by atoms with E-state index < -0.39 is 27.7 Å². The van der Waals surface area contributed by atoms with Gasteiger partial charge in [0.25, 0.3) is 0 Å². The number of nitrogens with one attached hydrogen (secondary N) is 2. The molecule has 0 bridgehead atoms. The van der Waals surface area contributed by atoms with E-state index in [0.717, 1.165) is 11.1 Å². The van der Waals surface area contributed by atoms with Gasteiger partial charge in [-0.25, -0.2) is 8.42 Å². The molecule has 0 spiro atoms. The van der Waals surface area contributed by atoms with Crippen LogP contribution in [0.4, 0.5) is 5.69 Å². The molecule has 2 N–H and O–H groups in total. The Labute approximate surface area is 140 Å². The van der Waals surface area contributed by atoms with E-state index >= 15 is 0 Å². The standard InChI is InChI=1S/C15H19ClN2O4S/c1-9-5-10(2)15(12(16)6-9)18-14(20)7-13(19)17-11-3-4-23(21,22)8-11/h5-6,11H,3-4,7-8H2,1-2H3,(H,17,19)(H,18,20). The first-order chi connectivity index (χ1) is 10.7. The lowest BCUT2D eigenvalue weighted by Crippen LogP contribution is -2.37. The Bertz CT molecular complexity index is 723. The van der Waals surface area contributed by atoms with Gasteiger partial charge in [-0.05, 0) is 37.5 Å². The van der Waals surface area contributed by atoms with Crippen molar-refractivity contribution >= 4 is 38.9 Å². The second-order valence-electron chi connectivity index (χ2n) is 5.83. The summed E-state index contributed by atoms with van der Waals surface area (Å²) >= 11 is 6.10. The average molecular weight is 359 g/mol. The minimum Gasteiger partial charge on any atom is -0.352 e. The van der Waals surface area contributed by atoms with Crippen LogP contribution in [-0.4, -0.2) is 37.8 Å². The fraction of sp³-hybridized carbons (Fsp3) is 0.467. The van der Waals surface area contributed by atoms with E-state index in [4.69, 9.17) is 11.6 Å². The maximum absolute atomic E-state index is 12.0. The molecule has 23 heavy (non-hydrogen) atoms. The van der Waals surface area contributed by atoms with Crippen LogP contribution in [0.3, 0.4) is 0 Å². The molecule has 0 saturated carbocycles. The lowest BCUT2D eigenvalue weighted by Gasteiger charge is -2.13. The largest absolute Gasteiger partial charge is 0.352 e. The van der Waals surface area contributed by atoms with E-state index in [0.29, 0.717) is 17.1 Å². The Morgan fingerprint density at radius 1 is 1.26 bits per heavy atom. The zero-order chi connectivity index (χ0) is 17.2. The highest BCUT2D eigenvalue weighted by molar-refractivity contribution is 7.91. The van der Waals surface area contributed by atoms with Crippen molar-refractivity contribution in [2.24, 2.45) is 0 Å². The van der Waals surface area contributed by atoms with Gasteiger partial charge < -0.3 is 10.6 Å². The topological polar surface area (TPSA) is 92.3 Å². The summed E-state index contributed by atoms with van der Waals surface area (Å²) in [5.74, 6) is -0.978. The van der Waals surface area contributed by atoms with Gasteiger partial charge in [0.1, 0.15) is 6.42 Å². The molecule has 0 radical (unpaired) electrons. The summed E-state index contributed by atoms with van der Waals surface area (Å²) in [7, 11) is -3.07. The molecule has 1 atom stereocenters. The van der Waals surface area contributed by atoms with Gasteiger partial charge in [0.2, 0.25) is 11.8 Å². The normalized spacial score (nSPS) is 19.3. The zero-order valence-corrected chi connectivity index (χ0v) is 14.6. The molecule has 1 aliphatic rings. The molecular formula is C15H19ClN2O4S. The summed E-state index contributed by atoms with van der Waals surface area (Å²) in [4.78, 5) is 23.8. The van der Waals surface area contributed by atoms with E-state index in [1.54, 1.807) is 6.07 Å². The van der Waals surface area contributed by atoms with Gasteiger partial charge >= 0.3 is 0 Å². The highest BCUT2D eigenvalue weighted by atomic mass is 35.5. The van der Waals surface area contributed by atoms with Gasteiger partial charge in [-0.15, -0.1) is 0 Å². The first kappa shape index (κ1) is 17.7. The van der Waals surface area contributed by atoms with E-state index in [-0.39, 0.29) is 17.9 Å².